The van der Waals surface area contributed by atoms with Gasteiger partial charge in [0.1, 0.15) is 18.3 Å². The maximum atomic E-state index is 12.4. The van der Waals surface area contributed by atoms with Crippen molar-refractivity contribution in [3.63, 3.8) is 0 Å². The fourth-order valence-electron chi connectivity index (χ4n) is 3.48. The molecule has 3 heterocycles. The molecule has 5 heteroatoms. The summed E-state index contributed by atoms with van der Waals surface area (Å²) in [5, 5.41) is 0. The summed E-state index contributed by atoms with van der Waals surface area (Å²) in [6.45, 7) is 0. The summed E-state index contributed by atoms with van der Waals surface area (Å²) >= 11 is 0. The van der Waals surface area contributed by atoms with Crippen LogP contribution < -0.4 is 0 Å². The molecule has 0 spiro atoms. The van der Waals surface area contributed by atoms with Crippen LogP contribution in [0.2, 0.25) is 0 Å². The van der Waals surface area contributed by atoms with Gasteiger partial charge < -0.3 is 9.47 Å². The number of ether oxygens (including phenoxy) is 2. The number of imide groups is 1. The SMILES string of the molecule is O=C1c2ccccc2C(=O)N1[C@@H]1C[C@H]2O[C@H]2[C@H]2O[C@H]21. The van der Waals surface area contributed by atoms with E-state index in [4.69, 9.17) is 9.47 Å². The number of rotatable bonds is 1. The molecular formula is C14H11NO4. The second-order valence-electron chi connectivity index (χ2n) is 5.53. The first-order valence-corrected chi connectivity index (χ1v) is 6.53. The maximum absolute atomic E-state index is 12.4. The van der Waals surface area contributed by atoms with Crippen LogP contribution in [0.25, 0.3) is 0 Å². The fourth-order valence-corrected chi connectivity index (χ4v) is 3.48. The summed E-state index contributed by atoms with van der Waals surface area (Å²) in [5.74, 6) is -0.391. The Labute approximate surface area is 109 Å². The quantitative estimate of drug-likeness (QED) is 0.545. The molecule has 5 rings (SSSR count). The van der Waals surface area contributed by atoms with Gasteiger partial charge in [0.25, 0.3) is 11.8 Å². The molecule has 4 aliphatic rings. The van der Waals surface area contributed by atoms with Crippen LogP contribution in [0.4, 0.5) is 0 Å². The molecule has 3 fully saturated rings. The number of benzene rings is 1. The molecule has 0 radical (unpaired) electrons. The minimum absolute atomic E-state index is 0.0223. The number of nitrogens with zero attached hydrogens (tertiary/aromatic N) is 1. The van der Waals surface area contributed by atoms with Crippen molar-refractivity contribution in [3.05, 3.63) is 35.4 Å². The lowest BCUT2D eigenvalue weighted by Gasteiger charge is -2.25. The topological polar surface area (TPSA) is 62.4 Å². The molecule has 1 aromatic carbocycles. The van der Waals surface area contributed by atoms with Crippen molar-refractivity contribution in [2.75, 3.05) is 0 Å². The molecule has 1 aromatic rings. The number of fused-ring (bicyclic) bond motifs is 4. The van der Waals surface area contributed by atoms with Gasteiger partial charge in [-0.15, -0.1) is 0 Å². The van der Waals surface area contributed by atoms with E-state index < -0.39 is 0 Å². The van der Waals surface area contributed by atoms with Crippen LogP contribution >= 0.6 is 0 Å². The minimum Gasteiger partial charge on any atom is -0.367 e. The Bertz CT molecular complexity index is 593. The highest BCUT2D eigenvalue weighted by Crippen LogP contribution is 2.50. The molecule has 2 saturated heterocycles. The van der Waals surface area contributed by atoms with E-state index in [0.717, 1.165) is 0 Å². The summed E-state index contributed by atoms with van der Waals surface area (Å²) < 4.78 is 11.1. The molecule has 1 aliphatic carbocycles. The van der Waals surface area contributed by atoms with Gasteiger partial charge >= 0.3 is 0 Å². The van der Waals surface area contributed by atoms with Crippen molar-refractivity contribution in [1.82, 2.24) is 4.90 Å². The Morgan fingerprint density at radius 1 is 0.947 bits per heavy atom. The van der Waals surface area contributed by atoms with Crippen molar-refractivity contribution in [1.29, 1.82) is 0 Å². The summed E-state index contributed by atoms with van der Waals surface area (Å²) in [6, 6.07) is 6.82. The monoisotopic (exact) mass is 257 g/mol. The van der Waals surface area contributed by atoms with Gasteiger partial charge in [-0.25, -0.2) is 0 Å². The highest BCUT2D eigenvalue weighted by molar-refractivity contribution is 6.21. The van der Waals surface area contributed by atoms with Crippen LogP contribution in [-0.2, 0) is 9.47 Å². The number of hydrogen-bond donors (Lipinski definition) is 0. The third-order valence-electron chi connectivity index (χ3n) is 4.52. The summed E-state index contributed by atoms with van der Waals surface area (Å²) in [4.78, 5) is 26.2. The third-order valence-corrected chi connectivity index (χ3v) is 4.52. The van der Waals surface area contributed by atoms with Crippen LogP contribution in [0.5, 0.6) is 0 Å². The Morgan fingerprint density at radius 2 is 1.63 bits per heavy atom. The van der Waals surface area contributed by atoms with Crippen molar-refractivity contribution in [2.45, 2.75) is 36.9 Å². The number of hydrogen-bond acceptors (Lipinski definition) is 4. The lowest BCUT2D eigenvalue weighted by atomic mass is 9.94. The van der Waals surface area contributed by atoms with Gasteiger partial charge in [0, 0.05) is 0 Å². The van der Waals surface area contributed by atoms with Gasteiger partial charge in [-0.1, -0.05) is 12.1 Å². The van der Waals surface area contributed by atoms with Crippen LogP contribution in [0.15, 0.2) is 24.3 Å². The molecule has 0 bridgehead atoms. The number of carbonyl (C=O) groups is 2. The molecule has 0 N–H and O–H groups in total. The molecule has 5 atom stereocenters. The van der Waals surface area contributed by atoms with Crippen LogP contribution in [0.3, 0.4) is 0 Å². The predicted molar refractivity (Wildman–Crippen MR) is 62.7 cm³/mol. The lowest BCUT2D eigenvalue weighted by molar-refractivity contribution is 0.0538. The molecule has 1 saturated carbocycles. The molecular weight excluding hydrogens is 246 g/mol. The number of amides is 2. The second-order valence-corrected chi connectivity index (χ2v) is 5.53. The van der Waals surface area contributed by atoms with E-state index in [9.17, 15) is 9.59 Å². The molecule has 5 nitrogen and oxygen atoms in total. The molecule has 19 heavy (non-hydrogen) atoms. The number of carbonyl (C=O) groups excluding carboxylic acids is 2. The highest BCUT2D eigenvalue weighted by Gasteiger charge is 2.67. The molecule has 0 unspecified atom stereocenters. The van der Waals surface area contributed by atoms with Gasteiger partial charge in [0.2, 0.25) is 0 Å². The first-order chi connectivity index (χ1) is 9.25. The molecule has 0 aromatic heterocycles. The van der Waals surface area contributed by atoms with Gasteiger partial charge in [-0.05, 0) is 18.6 Å². The van der Waals surface area contributed by atoms with E-state index in [-0.39, 0.29) is 42.3 Å². The first kappa shape index (κ1) is 10.1. The average molecular weight is 257 g/mol. The zero-order valence-corrected chi connectivity index (χ0v) is 9.98. The van der Waals surface area contributed by atoms with Gasteiger partial charge in [0.05, 0.1) is 23.3 Å². The average Bonchev–Trinajstić information content (AvgIpc) is 3.29. The summed E-state index contributed by atoms with van der Waals surface area (Å²) in [6.07, 6.45) is 1.14. The normalized spacial score (nSPS) is 41.7. The molecule has 2 amide bonds. The van der Waals surface area contributed by atoms with E-state index in [0.29, 0.717) is 17.5 Å². The van der Waals surface area contributed by atoms with Crippen molar-refractivity contribution in [2.24, 2.45) is 0 Å². The van der Waals surface area contributed by atoms with Gasteiger partial charge in [0.15, 0.2) is 0 Å². The summed E-state index contributed by atoms with van der Waals surface area (Å²) in [5.41, 5.74) is 1.01. The van der Waals surface area contributed by atoms with Crippen LogP contribution in [0.1, 0.15) is 27.1 Å². The van der Waals surface area contributed by atoms with E-state index in [1.165, 1.54) is 4.90 Å². The highest BCUT2D eigenvalue weighted by atomic mass is 16.7. The zero-order chi connectivity index (χ0) is 12.7. The van der Waals surface area contributed by atoms with E-state index in [2.05, 4.69) is 0 Å². The van der Waals surface area contributed by atoms with Crippen molar-refractivity contribution in [3.8, 4) is 0 Å². The van der Waals surface area contributed by atoms with E-state index in [1.54, 1.807) is 24.3 Å². The molecule has 3 aliphatic heterocycles. The largest absolute Gasteiger partial charge is 0.367 e. The second kappa shape index (κ2) is 3.05. The van der Waals surface area contributed by atoms with Gasteiger partial charge in [-0.2, -0.15) is 0 Å². The standard InChI is InChI=1S/C14H11NO4/c16-13-6-3-1-2-4-7(6)14(17)15(13)8-5-9-11(18-9)12-10(8)19-12/h1-4,8-12H,5H2/t8-,9-,10+,11-,12+/m1/s1. The summed E-state index contributed by atoms with van der Waals surface area (Å²) in [7, 11) is 0. The Kier molecular flexibility index (Phi) is 1.63. The predicted octanol–water partition coefficient (Wildman–Crippen LogP) is 0.590. The number of epoxide rings is 2. The van der Waals surface area contributed by atoms with Crippen LogP contribution in [0, 0.1) is 0 Å². The first-order valence-electron chi connectivity index (χ1n) is 6.53. The zero-order valence-electron chi connectivity index (χ0n) is 9.98. The van der Waals surface area contributed by atoms with Crippen molar-refractivity contribution >= 4 is 11.8 Å². The molecule has 96 valence electrons. The lowest BCUT2D eigenvalue weighted by Crippen LogP contribution is -2.46. The third kappa shape index (κ3) is 1.17. The smallest absolute Gasteiger partial charge is 0.261 e. The minimum atomic E-state index is -0.195. The van der Waals surface area contributed by atoms with Crippen molar-refractivity contribution < 1.29 is 19.1 Å². The Balaban J connectivity index is 1.54. The van der Waals surface area contributed by atoms with E-state index in [1.807, 2.05) is 0 Å². The Hall–Kier alpha value is -1.72. The Morgan fingerprint density at radius 3 is 2.32 bits per heavy atom. The maximum Gasteiger partial charge on any atom is 0.261 e. The van der Waals surface area contributed by atoms with Gasteiger partial charge in [-0.3, -0.25) is 14.5 Å². The fraction of sp³-hybridized carbons (Fsp3) is 0.429. The van der Waals surface area contributed by atoms with E-state index >= 15 is 0 Å². The van der Waals surface area contributed by atoms with Crippen LogP contribution in [-0.4, -0.2) is 47.2 Å².